The fourth-order valence-corrected chi connectivity index (χ4v) is 6.63. The number of carbonyl (C=O) groups excluding carboxylic acids is 2. The highest BCUT2D eigenvalue weighted by Gasteiger charge is 2.49. The Bertz CT molecular complexity index is 1570. The summed E-state index contributed by atoms with van der Waals surface area (Å²) in [5.74, 6) is -1.23. The summed E-state index contributed by atoms with van der Waals surface area (Å²) in [4.78, 5) is 27.4. The first kappa shape index (κ1) is 24.9. The van der Waals surface area contributed by atoms with Gasteiger partial charge in [0.2, 0.25) is 0 Å². The van der Waals surface area contributed by atoms with Crippen molar-refractivity contribution in [3.63, 3.8) is 0 Å². The Morgan fingerprint density at radius 1 is 0.784 bits per heavy atom. The van der Waals surface area contributed by atoms with Crippen molar-refractivity contribution in [1.82, 2.24) is 0 Å². The molecule has 0 bridgehead atoms. The third kappa shape index (κ3) is 4.70. The number of nitrogens with zero attached hydrogens (tertiary/aromatic N) is 1. The lowest BCUT2D eigenvalue weighted by molar-refractivity contribution is 0.0930. The molecule has 0 saturated carbocycles. The molecule has 5 nitrogen and oxygen atoms in total. The van der Waals surface area contributed by atoms with Crippen LogP contribution < -0.4 is 4.31 Å². The molecule has 0 fully saturated rings. The number of anilines is 1. The predicted molar refractivity (Wildman–Crippen MR) is 145 cm³/mol. The lowest BCUT2D eigenvalue weighted by Gasteiger charge is -2.29. The van der Waals surface area contributed by atoms with Crippen molar-refractivity contribution in [2.75, 3.05) is 4.31 Å². The van der Waals surface area contributed by atoms with Gasteiger partial charge in [-0.15, -0.1) is 0 Å². The van der Waals surface area contributed by atoms with Crippen LogP contribution in [0.1, 0.15) is 44.2 Å². The maximum Gasteiger partial charge on any atom is 0.265 e. The zero-order chi connectivity index (χ0) is 26.2. The number of hydrogen-bond acceptors (Lipinski definition) is 4. The number of halogens is 1. The van der Waals surface area contributed by atoms with E-state index in [0.29, 0.717) is 27.4 Å². The van der Waals surface area contributed by atoms with Crippen LogP contribution >= 0.6 is 11.6 Å². The molecule has 0 saturated heterocycles. The summed E-state index contributed by atoms with van der Waals surface area (Å²) in [5.41, 5.74) is 2.80. The van der Waals surface area contributed by atoms with E-state index < -0.39 is 27.8 Å². The minimum atomic E-state index is -4.14. The van der Waals surface area contributed by atoms with Crippen LogP contribution in [-0.4, -0.2) is 26.0 Å². The van der Waals surface area contributed by atoms with Gasteiger partial charge in [-0.05, 0) is 55.0 Å². The van der Waals surface area contributed by atoms with Crippen molar-refractivity contribution >= 4 is 38.9 Å². The van der Waals surface area contributed by atoms with Gasteiger partial charge < -0.3 is 0 Å². The van der Waals surface area contributed by atoms with E-state index in [1.807, 2.05) is 13.0 Å². The number of para-hydroxylation sites is 1. The van der Waals surface area contributed by atoms with Gasteiger partial charge in [-0.1, -0.05) is 77.8 Å². The van der Waals surface area contributed by atoms with E-state index in [9.17, 15) is 18.0 Å². The average molecular weight is 530 g/mol. The molecule has 5 rings (SSSR count). The van der Waals surface area contributed by atoms with Crippen molar-refractivity contribution in [1.29, 1.82) is 0 Å². The number of carbonyl (C=O) groups is 2. The highest BCUT2D eigenvalue weighted by atomic mass is 35.5. The SMILES string of the molecule is Cc1ccc(S(=O)(=O)N2c3ccccc3[C@@H](CC(=O)c3ccccc3)[C@H]2C(=O)c2ccc(Cl)cc2)cc1. The predicted octanol–water partition coefficient (Wildman–Crippen LogP) is 6.47. The Morgan fingerprint density at radius 2 is 1.41 bits per heavy atom. The lowest BCUT2D eigenvalue weighted by atomic mass is 9.85. The first-order valence-electron chi connectivity index (χ1n) is 11.9. The van der Waals surface area contributed by atoms with Gasteiger partial charge in [-0.2, -0.15) is 0 Å². The van der Waals surface area contributed by atoms with E-state index in [-0.39, 0.29) is 17.1 Å². The quantitative estimate of drug-likeness (QED) is 0.257. The Labute approximate surface area is 221 Å². The molecular weight excluding hydrogens is 506 g/mol. The zero-order valence-electron chi connectivity index (χ0n) is 20.0. The van der Waals surface area contributed by atoms with Gasteiger partial charge in [0.1, 0.15) is 6.04 Å². The van der Waals surface area contributed by atoms with Crippen molar-refractivity contribution in [3.05, 3.63) is 130 Å². The summed E-state index contributed by atoms with van der Waals surface area (Å²) in [5, 5.41) is 0.464. The van der Waals surface area contributed by atoms with Crippen LogP contribution in [-0.2, 0) is 10.0 Å². The molecule has 4 aromatic carbocycles. The number of Topliss-reactive ketones (excluding diaryl/α,β-unsaturated/α-hetero) is 2. The molecule has 1 heterocycles. The number of rotatable bonds is 7. The van der Waals surface area contributed by atoms with Crippen LogP contribution in [0.3, 0.4) is 0 Å². The van der Waals surface area contributed by atoms with E-state index >= 15 is 0 Å². The molecule has 0 radical (unpaired) electrons. The molecule has 0 spiro atoms. The first-order chi connectivity index (χ1) is 17.8. The summed E-state index contributed by atoms with van der Waals surface area (Å²) in [6.45, 7) is 1.87. The zero-order valence-corrected chi connectivity index (χ0v) is 21.6. The number of fused-ring (bicyclic) bond motifs is 1. The highest BCUT2D eigenvalue weighted by molar-refractivity contribution is 7.93. The Hall–Kier alpha value is -3.74. The molecule has 1 aliphatic heterocycles. The normalized spacial score (nSPS) is 16.9. The van der Waals surface area contributed by atoms with Crippen LogP contribution in [0.4, 0.5) is 5.69 Å². The number of benzene rings is 4. The number of sulfonamides is 1. The Morgan fingerprint density at radius 3 is 2.08 bits per heavy atom. The van der Waals surface area contributed by atoms with E-state index in [1.54, 1.807) is 97.1 Å². The molecule has 4 aromatic rings. The molecule has 7 heteroatoms. The minimum absolute atomic E-state index is 0.0229. The third-order valence-corrected chi connectivity index (χ3v) is 8.75. The van der Waals surface area contributed by atoms with E-state index in [0.717, 1.165) is 5.56 Å². The number of aryl methyl sites for hydroxylation is 1. The van der Waals surface area contributed by atoms with Gasteiger partial charge in [-0.25, -0.2) is 8.42 Å². The van der Waals surface area contributed by atoms with Crippen LogP contribution in [0.15, 0.2) is 108 Å². The molecule has 2 atom stereocenters. The fourth-order valence-electron chi connectivity index (χ4n) is 4.83. The molecule has 0 unspecified atom stereocenters. The smallest absolute Gasteiger partial charge is 0.265 e. The molecule has 0 N–H and O–H groups in total. The molecule has 1 aliphatic rings. The van der Waals surface area contributed by atoms with Gasteiger partial charge in [0, 0.05) is 28.5 Å². The second-order valence-corrected chi connectivity index (χ2v) is 11.3. The first-order valence-corrected chi connectivity index (χ1v) is 13.7. The van der Waals surface area contributed by atoms with Crippen molar-refractivity contribution in [3.8, 4) is 0 Å². The molecular formula is C30H24ClNO4S. The van der Waals surface area contributed by atoms with Gasteiger partial charge in [0.15, 0.2) is 11.6 Å². The van der Waals surface area contributed by atoms with Gasteiger partial charge in [0.25, 0.3) is 10.0 Å². The van der Waals surface area contributed by atoms with Crippen LogP contribution in [0.5, 0.6) is 0 Å². The van der Waals surface area contributed by atoms with Crippen molar-refractivity contribution in [2.45, 2.75) is 30.2 Å². The fraction of sp³-hybridized carbons (Fsp3) is 0.133. The van der Waals surface area contributed by atoms with E-state index in [1.165, 1.54) is 4.31 Å². The summed E-state index contributed by atoms with van der Waals surface area (Å²) in [6.07, 6.45) is -0.0229. The summed E-state index contributed by atoms with van der Waals surface area (Å²) in [7, 11) is -4.14. The maximum atomic E-state index is 14.1. The van der Waals surface area contributed by atoms with Crippen LogP contribution in [0, 0.1) is 6.92 Å². The maximum absolute atomic E-state index is 14.1. The number of ketones is 2. The molecule has 0 amide bonds. The second kappa shape index (κ2) is 9.96. The lowest BCUT2D eigenvalue weighted by Crippen LogP contribution is -2.45. The van der Waals surface area contributed by atoms with Crippen molar-refractivity contribution in [2.24, 2.45) is 0 Å². The van der Waals surface area contributed by atoms with Crippen LogP contribution in [0.2, 0.25) is 5.02 Å². The molecule has 37 heavy (non-hydrogen) atoms. The van der Waals surface area contributed by atoms with Gasteiger partial charge in [0.05, 0.1) is 10.6 Å². The monoisotopic (exact) mass is 529 g/mol. The van der Waals surface area contributed by atoms with Crippen LogP contribution in [0.25, 0.3) is 0 Å². The second-order valence-electron chi connectivity index (χ2n) is 9.09. The minimum Gasteiger partial charge on any atom is -0.294 e. The Balaban J connectivity index is 1.66. The topological polar surface area (TPSA) is 71.5 Å². The molecule has 186 valence electrons. The molecule has 0 aliphatic carbocycles. The number of hydrogen-bond donors (Lipinski definition) is 0. The average Bonchev–Trinajstić information content (AvgIpc) is 3.24. The van der Waals surface area contributed by atoms with E-state index in [4.69, 9.17) is 11.6 Å². The van der Waals surface area contributed by atoms with E-state index in [2.05, 4.69) is 0 Å². The van der Waals surface area contributed by atoms with Gasteiger partial charge in [-0.3, -0.25) is 13.9 Å². The Kier molecular flexibility index (Phi) is 6.71. The highest BCUT2D eigenvalue weighted by Crippen LogP contribution is 2.47. The standard InChI is InChI=1S/C30H24ClNO4S/c1-20-11-17-24(18-12-20)37(35,36)32-27-10-6-5-9-25(27)26(19-28(33)21-7-3-2-4-8-21)29(32)30(34)22-13-15-23(31)16-14-22/h2-18,26,29H,19H2,1H3/t26-,29+/m1/s1. The van der Waals surface area contributed by atoms with Crippen molar-refractivity contribution < 1.29 is 18.0 Å². The summed E-state index contributed by atoms with van der Waals surface area (Å²) < 4.78 is 29.4. The summed E-state index contributed by atoms with van der Waals surface area (Å²) >= 11 is 6.05. The van der Waals surface area contributed by atoms with Gasteiger partial charge >= 0.3 is 0 Å². The largest absolute Gasteiger partial charge is 0.294 e. The summed E-state index contributed by atoms with van der Waals surface area (Å²) in [6, 6.07) is 27.6. The third-order valence-electron chi connectivity index (χ3n) is 6.68. The molecule has 0 aromatic heterocycles.